The van der Waals surface area contributed by atoms with Crippen LogP contribution in [0.3, 0.4) is 0 Å². The molecule has 4 rings (SSSR count). The van der Waals surface area contributed by atoms with E-state index in [1.54, 1.807) is 7.11 Å². The topological polar surface area (TPSA) is 74.2 Å². The molecule has 0 saturated carbocycles. The van der Waals surface area contributed by atoms with Crippen molar-refractivity contribution in [3.8, 4) is 5.75 Å². The van der Waals surface area contributed by atoms with Crippen LogP contribution in [-0.2, 0) is 19.0 Å². The molecule has 2 fully saturated rings. The summed E-state index contributed by atoms with van der Waals surface area (Å²) in [5.41, 5.74) is 0.885. The summed E-state index contributed by atoms with van der Waals surface area (Å²) in [6.45, 7) is 2.29. The first-order valence-corrected chi connectivity index (χ1v) is 8.76. The Labute approximate surface area is 151 Å². The summed E-state index contributed by atoms with van der Waals surface area (Å²) in [5.74, 6) is 0.0660. The maximum Gasteiger partial charge on any atom is 0.313 e. The Bertz CT molecular complexity index is 819. The molecule has 6 nitrogen and oxygen atoms in total. The van der Waals surface area contributed by atoms with Gasteiger partial charge in [0.15, 0.2) is 6.10 Å². The van der Waals surface area contributed by atoms with Crippen LogP contribution in [0.25, 0.3) is 10.8 Å². The molecule has 138 valence electrons. The van der Waals surface area contributed by atoms with Crippen molar-refractivity contribution in [3.63, 3.8) is 0 Å². The van der Waals surface area contributed by atoms with Gasteiger partial charge < -0.3 is 24.1 Å². The molecule has 2 aliphatic heterocycles. The average Bonchev–Trinajstić information content (AvgIpc) is 3.23. The van der Waals surface area contributed by atoms with Crippen molar-refractivity contribution in [1.29, 1.82) is 0 Å². The van der Waals surface area contributed by atoms with Gasteiger partial charge in [0.1, 0.15) is 24.1 Å². The van der Waals surface area contributed by atoms with Crippen molar-refractivity contribution >= 4 is 16.7 Å². The molecule has 2 saturated heterocycles. The summed E-state index contributed by atoms with van der Waals surface area (Å²) < 4.78 is 21.9. The maximum absolute atomic E-state index is 12.6. The maximum atomic E-state index is 12.6. The van der Waals surface area contributed by atoms with Gasteiger partial charge in [-0.2, -0.15) is 0 Å². The van der Waals surface area contributed by atoms with E-state index >= 15 is 0 Å². The van der Waals surface area contributed by atoms with Crippen molar-refractivity contribution in [2.75, 3.05) is 20.3 Å². The molecule has 2 aromatic carbocycles. The van der Waals surface area contributed by atoms with Gasteiger partial charge in [-0.05, 0) is 35.4 Å². The first-order chi connectivity index (χ1) is 12.6. The Morgan fingerprint density at radius 1 is 1.12 bits per heavy atom. The second-order valence-corrected chi connectivity index (χ2v) is 6.83. The number of ether oxygens (including phenoxy) is 4. The first-order valence-electron chi connectivity index (χ1n) is 8.76. The number of fused-ring (bicyclic) bond motifs is 2. The Kier molecular flexibility index (Phi) is 4.56. The number of carbonyl (C=O) groups is 1. The fourth-order valence-corrected chi connectivity index (χ4v) is 3.57. The molecule has 1 unspecified atom stereocenters. The molecule has 26 heavy (non-hydrogen) atoms. The Morgan fingerprint density at radius 3 is 2.65 bits per heavy atom. The summed E-state index contributed by atoms with van der Waals surface area (Å²) in [4.78, 5) is 12.6. The monoisotopic (exact) mass is 358 g/mol. The minimum Gasteiger partial charge on any atom is -0.497 e. The van der Waals surface area contributed by atoms with E-state index in [0.29, 0.717) is 0 Å². The highest BCUT2D eigenvalue weighted by Gasteiger charge is 2.49. The second-order valence-electron chi connectivity index (χ2n) is 6.83. The Hall–Kier alpha value is -2.15. The number of rotatable bonds is 4. The molecule has 2 heterocycles. The lowest BCUT2D eigenvalue weighted by molar-refractivity contribution is -0.155. The lowest BCUT2D eigenvalue weighted by Crippen LogP contribution is -2.35. The van der Waals surface area contributed by atoms with Gasteiger partial charge in [-0.1, -0.05) is 24.3 Å². The van der Waals surface area contributed by atoms with Crippen LogP contribution in [0.1, 0.15) is 18.4 Å². The van der Waals surface area contributed by atoms with Gasteiger partial charge in [0.25, 0.3) is 0 Å². The highest BCUT2D eigenvalue weighted by atomic mass is 16.6. The van der Waals surface area contributed by atoms with E-state index in [-0.39, 0.29) is 25.3 Å². The van der Waals surface area contributed by atoms with Crippen molar-refractivity contribution in [1.82, 2.24) is 0 Å². The number of hydrogen-bond donors (Lipinski definition) is 1. The van der Waals surface area contributed by atoms with Gasteiger partial charge in [-0.25, -0.2) is 0 Å². The molecule has 0 spiro atoms. The molecule has 1 N–H and O–H groups in total. The molecule has 0 radical (unpaired) electrons. The van der Waals surface area contributed by atoms with E-state index in [1.807, 2.05) is 43.3 Å². The third kappa shape index (κ3) is 3.05. The summed E-state index contributed by atoms with van der Waals surface area (Å²) in [6, 6.07) is 11.7. The van der Waals surface area contributed by atoms with Crippen LogP contribution in [0.4, 0.5) is 0 Å². The standard InChI is InChI=1S/C20H22O6/c1-11(12-3-4-14-8-15(23-2)6-5-13(14)7-12)20(22)26-17-10-25-18-16(21)9-24-19(17)18/h3-8,11,16-19,21H,9-10H2,1-2H3/t11?,16-,17+,18-,19-/m1/s1. The Balaban J connectivity index is 1.47. The molecule has 2 aliphatic rings. The van der Waals surface area contributed by atoms with E-state index in [2.05, 4.69) is 0 Å². The van der Waals surface area contributed by atoms with Crippen LogP contribution in [0.2, 0.25) is 0 Å². The molecule has 0 aromatic heterocycles. The molecular formula is C20H22O6. The van der Waals surface area contributed by atoms with Crippen molar-refractivity contribution in [3.05, 3.63) is 42.0 Å². The largest absolute Gasteiger partial charge is 0.497 e. The lowest BCUT2D eigenvalue weighted by Gasteiger charge is -2.19. The fourth-order valence-electron chi connectivity index (χ4n) is 3.57. The smallest absolute Gasteiger partial charge is 0.313 e. The number of esters is 1. The minimum atomic E-state index is -0.654. The van der Waals surface area contributed by atoms with Gasteiger partial charge in [-0.15, -0.1) is 0 Å². The summed E-state index contributed by atoms with van der Waals surface area (Å²) in [5, 5.41) is 11.9. The molecule has 5 atom stereocenters. The predicted molar refractivity (Wildman–Crippen MR) is 94.3 cm³/mol. The van der Waals surface area contributed by atoms with Crippen LogP contribution in [0.5, 0.6) is 5.75 Å². The molecule has 6 heteroatoms. The van der Waals surface area contributed by atoms with Gasteiger partial charge in [0.2, 0.25) is 0 Å². The quantitative estimate of drug-likeness (QED) is 0.843. The zero-order valence-corrected chi connectivity index (χ0v) is 14.8. The third-order valence-electron chi connectivity index (χ3n) is 5.17. The number of hydrogen-bond acceptors (Lipinski definition) is 6. The predicted octanol–water partition coefficient (Wildman–Crippen LogP) is 2.02. The molecule has 0 amide bonds. The van der Waals surface area contributed by atoms with Gasteiger partial charge in [0.05, 0.1) is 26.2 Å². The minimum absolute atomic E-state index is 0.215. The zero-order chi connectivity index (χ0) is 18.3. The van der Waals surface area contributed by atoms with E-state index in [4.69, 9.17) is 18.9 Å². The normalized spacial score (nSPS) is 28.7. The van der Waals surface area contributed by atoms with Crippen molar-refractivity contribution < 1.29 is 28.8 Å². The fraction of sp³-hybridized carbons (Fsp3) is 0.450. The molecule has 0 bridgehead atoms. The first kappa shape index (κ1) is 17.3. The number of methoxy groups -OCH3 is 1. The van der Waals surface area contributed by atoms with Gasteiger partial charge >= 0.3 is 5.97 Å². The SMILES string of the molecule is COc1ccc2cc(C(C)C(=O)O[C@H]3CO[C@H]4[C@@H]3OC[C@H]4O)ccc2c1. The highest BCUT2D eigenvalue weighted by Crippen LogP contribution is 2.31. The molecule has 2 aromatic rings. The second kappa shape index (κ2) is 6.87. The summed E-state index contributed by atoms with van der Waals surface area (Å²) in [6.07, 6.45) is -1.92. The van der Waals surface area contributed by atoms with Crippen molar-refractivity contribution in [2.45, 2.75) is 37.3 Å². The summed E-state index contributed by atoms with van der Waals surface area (Å²) >= 11 is 0. The number of benzene rings is 2. The average molecular weight is 358 g/mol. The van der Waals surface area contributed by atoms with Crippen LogP contribution in [0.15, 0.2) is 36.4 Å². The van der Waals surface area contributed by atoms with E-state index in [0.717, 1.165) is 22.1 Å². The Morgan fingerprint density at radius 2 is 1.85 bits per heavy atom. The van der Waals surface area contributed by atoms with Crippen LogP contribution < -0.4 is 4.74 Å². The zero-order valence-electron chi connectivity index (χ0n) is 14.8. The van der Waals surface area contributed by atoms with Crippen LogP contribution in [0, 0.1) is 0 Å². The van der Waals surface area contributed by atoms with Gasteiger partial charge in [0, 0.05) is 0 Å². The third-order valence-corrected chi connectivity index (χ3v) is 5.17. The highest BCUT2D eigenvalue weighted by molar-refractivity contribution is 5.86. The lowest BCUT2D eigenvalue weighted by atomic mass is 9.97. The number of carbonyl (C=O) groups excluding carboxylic acids is 1. The van der Waals surface area contributed by atoms with E-state index < -0.39 is 24.2 Å². The number of aliphatic hydroxyl groups excluding tert-OH is 1. The van der Waals surface area contributed by atoms with Crippen LogP contribution in [-0.4, -0.2) is 55.8 Å². The van der Waals surface area contributed by atoms with Crippen molar-refractivity contribution in [2.24, 2.45) is 0 Å². The number of aliphatic hydroxyl groups is 1. The molecular weight excluding hydrogens is 336 g/mol. The van der Waals surface area contributed by atoms with Crippen LogP contribution >= 0.6 is 0 Å². The van der Waals surface area contributed by atoms with Gasteiger partial charge in [-0.3, -0.25) is 4.79 Å². The summed E-state index contributed by atoms with van der Waals surface area (Å²) in [7, 11) is 1.64. The van der Waals surface area contributed by atoms with E-state index in [1.165, 1.54) is 0 Å². The van der Waals surface area contributed by atoms with E-state index in [9.17, 15) is 9.90 Å². The molecule has 0 aliphatic carbocycles.